The summed E-state index contributed by atoms with van der Waals surface area (Å²) in [5.41, 5.74) is 0.581. The summed E-state index contributed by atoms with van der Waals surface area (Å²) in [5.74, 6) is -2.45. The summed E-state index contributed by atoms with van der Waals surface area (Å²) in [6, 6.07) is 7.19. The molecule has 0 unspecified atom stereocenters. The van der Waals surface area contributed by atoms with Crippen LogP contribution in [0, 0.1) is 0 Å². The first kappa shape index (κ1) is 15.1. The number of halogens is 2. The van der Waals surface area contributed by atoms with Crippen molar-refractivity contribution < 1.29 is 13.6 Å². The summed E-state index contributed by atoms with van der Waals surface area (Å²) < 4.78 is 24.9. The Kier molecular flexibility index (Phi) is 5.23. The molecule has 0 spiro atoms. The van der Waals surface area contributed by atoms with Gasteiger partial charge in [0.2, 0.25) is 5.91 Å². The molecule has 0 heterocycles. The highest BCUT2D eigenvalue weighted by Gasteiger charge is 2.30. The molecular weight excluding hydrogens is 282 g/mol. The van der Waals surface area contributed by atoms with Crippen molar-refractivity contribution in [2.45, 2.75) is 36.5 Å². The van der Waals surface area contributed by atoms with Crippen LogP contribution in [0.5, 0.6) is 0 Å². The third kappa shape index (κ3) is 4.10. The largest absolute Gasteiger partial charge is 0.375 e. The molecule has 2 rings (SSSR count). The number of alkyl halides is 2. The molecule has 110 valence electrons. The number of anilines is 1. The Bertz CT molecular complexity index is 466. The van der Waals surface area contributed by atoms with E-state index < -0.39 is 5.76 Å². The van der Waals surface area contributed by atoms with E-state index >= 15 is 0 Å². The maximum Gasteiger partial charge on any atom is 0.288 e. The minimum absolute atomic E-state index is 0.0202. The zero-order valence-corrected chi connectivity index (χ0v) is 12.1. The molecule has 3 nitrogen and oxygen atoms in total. The van der Waals surface area contributed by atoms with Crippen LogP contribution in [0.3, 0.4) is 0 Å². The SMILES string of the molecule is CCN(C(=O)CNc1ccccc1SC(F)F)C1CC1. The van der Waals surface area contributed by atoms with Gasteiger partial charge in [-0.1, -0.05) is 23.9 Å². The first-order valence-corrected chi connectivity index (χ1v) is 7.57. The van der Waals surface area contributed by atoms with Crippen LogP contribution >= 0.6 is 11.8 Å². The Labute approximate surface area is 121 Å². The quantitative estimate of drug-likeness (QED) is 0.783. The van der Waals surface area contributed by atoms with Crippen LogP contribution in [-0.4, -0.2) is 35.7 Å². The van der Waals surface area contributed by atoms with Crippen LogP contribution in [0.15, 0.2) is 29.2 Å². The van der Waals surface area contributed by atoms with E-state index in [0.29, 0.717) is 34.9 Å². The van der Waals surface area contributed by atoms with E-state index in [0.717, 1.165) is 12.8 Å². The van der Waals surface area contributed by atoms with Crippen LogP contribution in [0.1, 0.15) is 19.8 Å². The van der Waals surface area contributed by atoms with Crippen LogP contribution in [0.4, 0.5) is 14.5 Å². The highest BCUT2D eigenvalue weighted by atomic mass is 32.2. The lowest BCUT2D eigenvalue weighted by Crippen LogP contribution is -2.37. The molecule has 0 aliphatic heterocycles. The molecule has 0 atom stereocenters. The van der Waals surface area contributed by atoms with Crippen molar-refractivity contribution in [1.29, 1.82) is 0 Å². The van der Waals surface area contributed by atoms with Crippen molar-refractivity contribution in [2.75, 3.05) is 18.4 Å². The van der Waals surface area contributed by atoms with Gasteiger partial charge in [-0.3, -0.25) is 4.79 Å². The second-order valence-electron chi connectivity index (χ2n) is 4.64. The molecule has 0 saturated heterocycles. The number of thioether (sulfide) groups is 1. The monoisotopic (exact) mass is 300 g/mol. The topological polar surface area (TPSA) is 32.3 Å². The minimum Gasteiger partial charge on any atom is -0.375 e. The van der Waals surface area contributed by atoms with Crippen molar-refractivity contribution in [3.05, 3.63) is 24.3 Å². The number of hydrogen-bond acceptors (Lipinski definition) is 3. The third-order valence-electron chi connectivity index (χ3n) is 3.18. The molecule has 1 aromatic carbocycles. The van der Waals surface area contributed by atoms with Gasteiger partial charge in [0.05, 0.1) is 6.54 Å². The fraction of sp³-hybridized carbons (Fsp3) is 0.500. The molecule has 1 aliphatic rings. The highest BCUT2D eigenvalue weighted by Crippen LogP contribution is 2.31. The third-order valence-corrected chi connectivity index (χ3v) is 3.97. The first-order chi connectivity index (χ1) is 9.61. The summed E-state index contributed by atoms with van der Waals surface area (Å²) >= 11 is 0.489. The van der Waals surface area contributed by atoms with Crippen LogP contribution in [0.25, 0.3) is 0 Å². The summed E-state index contributed by atoms with van der Waals surface area (Å²) in [5, 5.41) is 2.97. The van der Waals surface area contributed by atoms with Crippen molar-refractivity contribution in [3.63, 3.8) is 0 Å². The highest BCUT2D eigenvalue weighted by molar-refractivity contribution is 7.99. The fourth-order valence-electron chi connectivity index (χ4n) is 2.11. The van der Waals surface area contributed by atoms with E-state index in [1.807, 2.05) is 11.8 Å². The van der Waals surface area contributed by atoms with Gasteiger partial charge in [0.25, 0.3) is 5.76 Å². The zero-order chi connectivity index (χ0) is 14.5. The normalized spacial score (nSPS) is 14.4. The van der Waals surface area contributed by atoms with E-state index in [9.17, 15) is 13.6 Å². The number of likely N-dealkylation sites (N-methyl/N-ethyl adjacent to an activating group) is 1. The molecule has 0 bridgehead atoms. The van der Waals surface area contributed by atoms with Crippen LogP contribution in [0.2, 0.25) is 0 Å². The molecule has 1 saturated carbocycles. The lowest BCUT2D eigenvalue weighted by atomic mass is 10.3. The van der Waals surface area contributed by atoms with Crippen molar-refractivity contribution in [2.24, 2.45) is 0 Å². The number of carbonyl (C=O) groups is 1. The number of nitrogens with zero attached hydrogens (tertiary/aromatic N) is 1. The Balaban J connectivity index is 1.94. The summed E-state index contributed by atoms with van der Waals surface area (Å²) in [6.45, 7) is 2.79. The van der Waals surface area contributed by atoms with Gasteiger partial charge >= 0.3 is 0 Å². The van der Waals surface area contributed by atoms with Gasteiger partial charge in [-0.2, -0.15) is 8.78 Å². The molecule has 0 radical (unpaired) electrons. The Morgan fingerprint density at radius 2 is 2.15 bits per heavy atom. The van der Waals surface area contributed by atoms with E-state index in [1.165, 1.54) is 0 Å². The Morgan fingerprint density at radius 3 is 2.75 bits per heavy atom. The zero-order valence-electron chi connectivity index (χ0n) is 11.3. The maximum absolute atomic E-state index is 12.5. The average Bonchev–Trinajstić information content (AvgIpc) is 3.22. The number of amides is 1. The number of rotatable bonds is 7. The first-order valence-electron chi connectivity index (χ1n) is 6.69. The maximum atomic E-state index is 12.5. The van der Waals surface area contributed by atoms with Gasteiger partial charge in [0.15, 0.2) is 0 Å². The molecule has 20 heavy (non-hydrogen) atoms. The average molecular weight is 300 g/mol. The number of carbonyl (C=O) groups excluding carboxylic acids is 1. The molecule has 0 aromatic heterocycles. The number of benzene rings is 1. The molecule has 1 aliphatic carbocycles. The van der Waals surface area contributed by atoms with E-state index in [4.69, 9.17) is 0 Å². The Morgan fingerprint density at radius 1 is 1.45 bits per heavy atom. The van der Waals surface area contributed by atoms with Crippen LogP contribution < -0.4 is 5.32 Å². The molecule has 1 N–H and O–H groups in total. The molecule has 1 amide bonds. The van der Waals surface area contributed by atoms with Gasteiger partial charge < -0.3 is 10.2 Å². The summed E-state index contributed by atoms with van der Waals surface area (Å²) in [6.07, 6.45) is 2.13. The van der Waals surface area contributed by atoms with E-state index in [1.54, 1.807) is 24.3 Å². The van der Waals surface area contributed by atoms with Gasteiger partial charge in [0, 0.05) is 23.2 Å². The fourth-order valence-corrected chi connectivity index (χ4v) is 2.72. The molecule has 1 fully saturated rings. The van der Waals surface area contributed by atoms with Crippen LogP contribution in [-0.2, 0) is 4.79 Å². The lowest BCUT2D eigenvalue weighted by Gasteiger charge is -2.21. The summed E-state index contributed by atoms with van der Waals surface area (Å²) in [7, 11) is 0. The second kappa shape index (κ2) is 6.92. The number of nitrogens with one attached hydrogen (secondary N) is 1. The second-order valence-corrected chi connectivity index (χ2v) is 5.67. The van der Waals surface area contributed by atoms with Gasteiger partial charge in [-0.05, 0) is 31.9 Å². The summed E-state index contributed by atoms with van der Waals surface area (Å²) in [4.78, 5) is 14.4. The standard InChI is InChI=1S/C14H18F2N2OS/c1-2-18(10-7-8-10)13(19)9-17-11-5-3-4-6-12(11)20-14(15)16/h3-6,10,14,17H,2,7-9H2,1H3. The minimum atomic E-state index is -2.47. The smallest absolute Gasteiger partial charge is 0.288 e. The lowest BCUT2D eigenvalue weighted by molar-refractivity contribution is -0.129. The van der Waals surface area contributed by atoms with E-state index in [-0.39, 0.29) is 12.5 Å². The van der Waals surface area contributed by atoms with Crippen molar-refractivity contribution >= 4 is 23.4 Å². The van der Waals surface area contributed by atoms with Gasteiger partial charge in [-0.15, -0.1) is 0 Å². The van der Waals surface area contributed by atoms with E-state index in [2.05, 4.69) is 5.32 Å². The Hall–Kier alpha value is -1.30. The number of para-hydroxylation sites is 1. The van der Waals surface area contributed by atoms with Gasteiger partial charge in [-0.25, -0.2) is 0 Å². The number of hydrogen-bond donors (Lipinski definition) is 1. The molecule has 6 heteroatoms. The predicted molar refractivity (Wildman–Crippen MR) is 77.2 cm³/mol. The molecular formula is C14H18F2N2OS. The van der Waals surface area contributed by atoms with Crippen molar-refractivity contribution in [1.82, 2.24) is 4.90 Å². The van der Waals surface area contributed by atoms with Gasteiger partial charge in [0.1, 0.15) is 0 Å². The predicted octanol–water partition coefficient (Wildman–Crippen LogP) is 3.42. The van der Waals surface area contributed by atoms with Crippen molar-refractivity contribution in [3.8, 4) is 0 Å². The molecule has 1 aromatic rings.